The Labute approximate surface area is 149 Å². The van der Waals surface area contributed by atoms with Gasteiger partial charge in [0, 0.05) is 23.7 Å². The molecule has 1 N–H and O–H groups in total. The van der Waals surface area contributed by atoms with Crippen LogP contribution in [0.4, 0.5) is 4.39 Å². The fourth-order valence-corrected chi connectivity index (χ4v) is 5.90. The molecule has 1 aliphatic heterocycles. The van der Waals surface area contributed by atoms with Gasteiger partial charge >= 0.3 is 0 Å². The van der Waals surface area contributed by atoms with Gasteiger partial charge in [-0.2, -0.15) is 0 Å². The predicted octanol–water partition coefficient (Wildman–Crippen LogP) is 3.71. The van der Waals surface area contributed by atoms with Crippen molar-refractivity contribution >= 4 is 38.6 Å². The summed E-state index contributed by atoms with van der Waals surface area (Å²) < 4.78 is 33.8. The number of carbonyl (C=O) groups is 1. The van der Waals surface area contributed by atoms with E-state index in [0.29, 0.717) is 12.1 Å². The smallest absolute Gasteiger partial charge is 0.227 e. The molecule has 1 aromatic carbocycles. The number of amides is 1. The van der Waals surface area contributed by atoms with Gasteiger partial charge in [-0.15, -0.1) is 11.3 Å². The van der Waals surface area contributed by atoms with Gasteiger partial charge in [0.2, 0.25) is 5.91 Å². The van der Waals surface area contributed by atoms with Gasteiger partial charge < -0.3 is 4.90 Å². The third-order valence-corrected chi connectivity index (χ3v) is 7.60. The Morgan fingerprint density at radius 2 is 2.25 bits per heavy atom. The molecule has 2 heterocycles. The van der Waals surface area contributed by atoms with Crippen LogP contribution in [0.25, 0.3) is 0 Å². The fraction of sp³-hybridized carbons (Fsp3) is 0.312. The second kappa shape index (κ2) is 6.82. The maximum absolute atomic E-state index is 13.2. The highest BCUT2D eigenvalue weighted by Gasteiger charge is 2.34. The summed E-state index contributed by atoms with van der Waals surface area (Å²) in [6, 6.07) is 7.94. The molecule has 1 aliphatic rings. The van der Waals surface area contributed by atoms with Crippen LogP contribution in [0, 0.1) is 10.6 Å². The van der Waals surface area contributed by atoms with Crippen molar-refractivity contribution in [1.82, 2.24) is 4.90 Å². The van der Waals surface area contributed by atoms with E-state index in [2.05, 4.69) is 0 Å². The Hall–Kier alpha value is -1.44. The summed E-state index contributed by atoms with van der Waals surface area (Å²) in [6.45, 7) is 0.578. The van der Waals surface area contributed by atoms with Crippen LogP contribution in [-0.4, -0.2) is 33.9 Å². The molecule has 2 aromatic rings. The van der Waals surface area contributed by atoms with E-state index in [1.54, 1.807) is 4.90 Å². The van der Waals surface area contributed by atoms with Crippen LogP contribution in [0.2, 0.25) is 5.02 Å². The first-order valence-electron chi connectivity index (χ1n) is 7.37. The van der Waals surface area contributed by atoms with E-state index >= 15 is 0 Å². The van der Waals surface area contributed by atoms with Crippen LogP contribution in [0.5, 0.6) is 0 Å². The van der Waals surface area contributed by atoms with E-state index in [0.717, 1.165) is 4.88 Å². The van der Waals surface area contributed by atoms with E-state index in [1.165, 1.54) is 29.5 Å². The minimum absolute atomic E-state index is 0.00964. The van der Waals surface area contributed by atoms with Crippen molar-refractivity contribution in [1.29, 1.82) is 4.78 Å². The molecule has 1 aromatic heterocycles. The van der Waals surface area contributed by atoms with Gasteiger partial charge in [-0.1, -0.05) is 23.7 Å². The van der Waals surface area contributed by atoms with Gasteiger partial charge in [0.25, 0.3) is 0 Å². The molecule has 0 aliphatic carbocycles. The number of benzene rings is 1. The number of nitrogens with one attached hydrogen (secondary N) is 1. The van der Waals surface area contributed by atoms with Crippen molar-refractivity contribution < 1.29 is 13.4 Å². The Balaban J connectivity index is 1.75. The summed E-state index contributed by atoms with van der Waals surface area (Å²) in [6.07, 6.45) is 0.107. The molecule has 0 spiro atoms. The maximum atomic E-state index is 13.2. The normalized spacial score (nSPS) is 24.1. The third-order valence-electron chi connectivity index (χ3n) is 4.06. The quantitative estimate of drug-likeness (QED) is 0.873. The minimum Gasteiger partial charge on any atom is -0.340 e. The zero-order valence-electron chi connectivity index (χ0n) is 12.7. The van der Waals surface area contributed by atoms with Crippen molar-refractivity contribution in [3.8, 4) is 0 Å². The third kappa shape index (κ3) is 3.63. The molecule has 2 unspecified atom stereocenters. The Bertz CT molecular complexity index is 853. The van der Waals surface area contributed by atoms with Gasteiger partial charge in [-0.05, 0) is 29.1 Å². The minimum atomic E-state index is -2.75. The number of thiophene rings is 1. The number of nitrogens with zero attached hydrogens (tertiary/aromatic N) is 1. The Morgan fingerprint density at radius 3 is 2.92 bits per heavy atom. The molecule has 1 saturated heterocycles. The molecule has 0 bridgehead atoms. The molecule has 4 nitrogen and oxygen atoms in total. The molecule has 8 heteroatoms. The summed E-state index contributed by atoms with van der Waals surface area (Å²) in [5.41, 5.74) is 0.635. The highest BCUT2D eigenvalue weighted by atomic mass is 35.5. The van der Waals surface area contributed by atoms with Crippen LogP contribution in [0.15, 0.2) is 35.7 Å². The highest BCUT2D eigenvalue weighted by molar-refractivity contribution is 7.92. The van der Waals surface area contributed by atoms with E-state index in [9.17, 15) is 13.4 Å². The van der Waals surface area contributed by atoms with E-state index in [-0.39, 0.29) is 29.6 Å². The number of hydrogen-bond acceptors (Lipinski definition) is 4. The second-order valence-corrected chi connectivity index (χ2v) is 9.52. The summed E-state index contributed by atoms with van der Waals surface area (Å²) in [7, 11) is -2.75. The van der Waals surface area contributed by atoms with Crippen LogP contribution in [0.1, 0.15) is 15.7 Å². The van der Waals surface area contributed by atoms with Crippen molar-refractivity contribution in [3.63, 3.8) is 0 Å². The first kappa shape index (κ1) is 17.4. The largest absolute Gasteiger partial charge is 0.340 e. The van der Waals surface area contributed by atoms with Crippen molar-refractivity contribution in [2.45, 2.75) is 11.7 Å². The van der Waals surface area contributed by atoms with E-state index in [1.807, 2.05) is 17.5 Å². The van der Waals surface area contributed by atoms with Crippen molar-refractivity contribution in [2.24, 2.45) is 0 Å². The van der Waals surface area contributed by atoms with Crippen LogP contribution < -0.4 is 0 Å². The Morgan fingerprint density at radius 1 is 1.46 bits per heavy atom. The predicted molar refractivity (Wildman–Crippen MR) is 94.5 cm³/mol. The molecule has 24 heavy (non-hydrogen) atoms. The Kier molecular flexibility index (Phi) is 4.94. The summed E-state index contributed by atoms with van der Waals surface area (Å²) in [5, 5.41) is 1.42. The lowest BCUT2D eigenvalue weighted by atomic mass is 10.1. The lowest BCUT2D eigenvalue weighted by Crippen LogP contribution is -2.45. The standard InChI is InChI=1S/C16H16ClFN2O2S2/c17-12-8-11(3-4-13(12)18)9-16(21)20-5-7-24(19,22)15(10-20)14-2-1-6-23-14/h1-4,6,8,15,19H,5,7,9-10H2. The molecular formula is C16H16ClFN2O2S2. The number of halogens is 2. The van der Waals surface area contributed by atoms with Gasteiger partial charge in [0.1, 0.15) is 5.82 Å². The number of hydrogen-bond donors (Lipinski definition) is 1. The first-order chi connectivity index (χ1) is 11.4. The van der Waals surface area contributed by atoms with Gasteiger partial charge in [0.15, 0.2) is 0 Å². The summed E-state index contributed by atoms with van der Waals surface area (Å²) >= 11 is 7.21. The molecule has 1 fully saturated rings. The van der Waals surface area contributed by atoms with Gasteiger partial charge in [-0.25, -0.2) is 8.60 Å². The lowest BCUT2D eigenvalue weighted by Gasteiger charge is -2.34. The maximum Gasteiger partial charge on any atom is 0.227 e. The number of rotatable bonds is 3. The SMILES string of the molecule is N=S1(=O)CCN(C(=O)Cc2ccc(F)c(Cl)c2)CC1c1cccs1. The average Bonchev–Trinajstić information content (AvgIpc) is 3.04. The molecule has 1 amide bonds. The van der Waals surface area contributed by atoms with Gasteiger partial charge in [-0.3, -0.25) is 9.57 Å². The molecule has 128 valence electrons. The number of carbonyl (C=O) groups excluding carboxylic acids is 1. The molecular weight excluding hydrogens is 371 g/mol. The first-order valence-corrected chi connectivity index (χ1v) is 10.4. The summed E-state index contributed by atoms with van der Waals surface area (Å²) in [4.78, 5) is 15.0. The van der Waals surface area contributed by atoms with E-state index < -0.39 is 20.8 Å². The highest BCUT2D eigenvalue weighted by Crippen LogP contribution is 2.31. The monoisotopic (exact) mass is 386 g/mol. The molecule has 2 atom stereocenters. The zero-order valence-corrected chi connectivity index (χ0v) is 15.1. The van der Waals surface area contributed by atoms with Crippen LogP contribution >= 0.6 is 22.9 Å². The molecule has 0 radical (unpaired) electrons. The second-order valence-electron chi connectivity index (χ2n) is 5.70. The lowest BCUT2D eigenvalue weighted by molar-refractivity contribution is -0.130. The van der Waals surface area contributed by atoms with Crippen LogP contribution in [0.3, 0.4) is 0 Å². The zero-order chi connectivity index (χ0) is 17.3. The van der Waals surface area contributed by atoms with E-state index in [4.69, 9.17) is 16.4 Å². The topological polar surface area (TPSA) is 61.2 Å². The molecule has 0 saturated carbocycles. The molecule has 3 rings (SSSR count). The van der Waals surface area contributed by atoms with Crippen molar-refractivity contribution in [3.05, 3.63) is 57.0 Å². The van der Waals surface area contributed by atoms with Crippen LogP contribution in [-0.2, 0) is 20.9 Å². The fourth-order valence-electron chi connectivity index (χ4n) is 2.71. The average molecular weight is 387 g/mol. The van der Waals surface area contributed by atoms with Crippen molar-refractivity contribution in [2.75, 3.05) is 18.8 Å². The van der Waals surface area contributed by atoms with Gasteiger partial charge in [0.05, 0.1) is 26.4 Å². The summed E-state index contributed by atoms with van der Waals surface area (Å²) in [5.74, 6) is -0.474.